The molecule has 158 valence electrons. The summed E-state index contributed by atoms with van der Waals surface area (Å²) in [6.07, 6.45) is -3.11. The summed E-state index contributed by atoms with van der Waals surface area (Å²) in [7, 11) is 1.98. The number of anilines is 3. The van der Waals surface area contributed by atoms with E-state index in [1.165, 1.54) is 29.2 Å². The number of benzene rings is 2. The molecule has 0 aliphatic carbocycles. The van der Waals surface area contributed by atoms with Crippen LogP contribution in [-0.4, -0.2) is 52.9 Å². The maximum Gasteiger partial charge on any atom is 0.416 e. The highest BCUT2D eigenvalue weighted by atomic mass is 19.4. The molecule has 0 amide bonds. The zero-order valence-corrected chi connectivity index (χ0v) is 16.2. The Kier molecular flexibility index (Phi) is 5.33. The molecule has 1 fully saturated rings. The fraction of sp³-hybridized carbons (Fsp3) is 0.300. The van der Waals surface area contributed by atoms with Crippen molar-refractivity contribution >= 4 is 17.3 Å². The number of nitrogens with one attached hydrogen (secondary N) is 1. The molecule has 3 aromatic rings. The van der Waals surface area contributed by atoms with Gasteiger partial charge in [-0.15, -0.1) is 5.10 Å². The molecule has 0 unspecified atom stereocenters. The number of alkyl halides is 3. The van der Waals surface area contributed by atoms with E-state index in [1.54, 1.807) is 12.1 Å². The largest absolute Gasteiger partial charge is 0.416 e. The van der Waals surface area contributed by atoms with Gasteiger partial charge in [-0.3, -0.25) is 0 Å². The maximum atomic E-state index is 13.5. The monoisotopic (exact) mass is 420 g/mol. The Morgan fingerprint density at radius 1 is 0.967 bits per heavy atom. The van der Waals surface area contributed by atoms with Crippen LogP contribution in [0, 0.1) is 5.82 Å². The normalized spacial score (nSPS) is 15.4. The van der Waals surface area contributed by atoms with Crippen molar-refractivity contribution in [1.29, 1.82) is 0 Å². The molecule has 1 N–H and O–H groups in total. The van der Waals surface area contributed by atoms with Crippen LogP contribution in [0.15, 0.2) is 48.8 Å². The third kappa shape index (κ3) is 4.54. The lowest BCUT2D eigenvalue weighted by Gasteiger charge is -2.34. The number of piperazine rings is 1. The molecule has 0 atom stereocenters. The molecule has 1 aliphatic heterocycles. The summed E-state index contributed by atoms with van der Waals surface area (Å²) in [5.41, 5.74) is 0.435. The number of halogens is 4. The molecule has 0 saturated carbocycles. The van der Waals surface area contributed by atoms with Crippen LogP contribution in [0.4, 0.5) is 34.9 Å². The molecule has 1 saturated heterocycles. The van der Waals surface area contributed by atoms with Gasteiger partial charge in [0.25, 0.3) is 0 Å². The zero-order valence-electron chi connectivity index (χ0n) is 16.2. The third-order valence-corrected chi connectivity index (χ3v) is 4.93. The highest BCUT2D eigenvalue weighted by Crippen LogP contribution is 2.35. The van der Waals surface area contributed by atoms with Crippen LogP contribution in [-0.2, 0) is 6.18 Å². The Morgan fingerprint density at radius 3 is 2.43 bits per heavy atom. The lowest BCUT2D eigenvalue weighted by molar-refractivity contribution is -0.137. The quantitative estimate of drug-likeness (QED) is 0.649. The van der Waals surface area contributed by atoms with Gasteiger partial charge in [0.05, 0.1) is 11.3 Å². The molecular formula is C20H20F4N6. The van der Waals surface area contributed by atoms with Gasteiger partial charge in [-0.2, -0.15) is 18.2 Å². The predicted molar refractivity (Wildman–Crippen MR) is 106 cm³/mol. The van der Waals surface area contributed by atoms with Crippen LogP contribution >= 0.6 is 0 Å². The first-order valence-electron chi connectivity index (χ1n) is 9.38. The van der Waals surface area contributed by atoms with Gasteiger partial charge in [0.15, 0.2) is 0 Å². The Balaban J connectivity index is 1.61. The van der Waals surface area contributed by atoms with Crippen molar-refractivity contribution in [2.75, 3.05) is 43.4 Å². The summed E-state index contributed by atoms with van der Waals surface area (Å²) in [6, 6.07) is 9.63. The second kappa shape index (κ2) is 7.94. The van der Waals surface area contributed by atoms with Crippen molar-refractivity contribution in [1.82, 2.24) is 19.7 Å². The van der Waals surface area contributed by atoms with Crippen LogP contribution in [0.5, 0.6) is 0 Å². The van der Waals surface area contributed by atoms with Crippen molar-refractivity contribution in [3.05, 3.63) is 60.2 Å². The van der Waals surface area contributed by atoms with Gasteiger partial charge in [-0.1, -0.05) is 6.07 Å². The lowest BCUT2D eigenvalue weighted by atomic mass is 10.1. The highest BCUT2D eigenvalue weighted by Gasteiger charge is 2.32. The molecule has 0 radical (unpaired) electrons. The molecule has 0 spiro atoms. The topological polar surface area (TPSA) is 49.2 Å². The highest BCUT2D eigenvalue weighted by molar-refractivity contribution is 5.64. The van der Waals surface area contributed by atoms with Gasteiger partial charge < -0.3 is 15.1 Å². The third-order valence-electron chi connectivity index (χ3n) is 4.93. The molecule has 0 bridgehead atoms. The van der Waals surface area contributed by atoms with Crippen LogP contribution < -0.4 is 10.2 Å². The number of likely N-dealkylation sites (N-methyl/N-ethyl adjacent to an activating group) is 1. The molecule has 1 aliphatic rings. The van der Waals surface area contributed by atoms with Gasteiger partial charge in [-0.05, 0) is 43.4 Å². The molecular weight excluding hydrogens is 400 g/mol. The summed E-state index contributed by atoms with van der Waals surface area (Å²) in [5, 5.41) is 7.02. The standard InChI is InChI=1S/C20H20F4N6/c1-28-5-7-29(8-6-28)18-10-14(20(22,23)24)9-16(12-18)26-19-25-13-30(27-19)17-4-2-3-15(21)11-17/h2-4,9-13H,5-8H2,1H3,(H,26,27). The molecule has 6 nitrogen and oxygen atoms in total. The van der Waals surface area contributed by atoms with Crippen molar-refractivity contribution in [3.8, 4) is 5.69 Å². The van der Waals surface area contributed by atoms with Gasteiger partial charge in [-0.25, -0.2) is 9.07 Å². The predicted octanol–water partition coefficient (Wildman–Crippen LogP) is 3.92. The molecule has 4 rings (SSSR count). The van der Waals surface area contributed by atoms with Crippen LogP contribution in [0.1, 0.15) is 5.56 Å². The van der Waals surface area contributed by atoms with E-state index in [2.05, 4.69) is 20.3 Å². The van der Waals surface area contributed by atoms with E-state index in [1.807, 2.05) is 11.9 Å². The van der Waals surface area contributed by atoms with E-state index in [0.717, 1.165) is 25.2 Å². The van der Waals surface area contributed by atoms with Gasteiger partial charge in [0.2, 0.25) is 5.95 Å². The van der Waals surface area contributed by atoms with Crippen LogP contribution in [0.3, 0.4) is 0 Å². The Morgan fingerprint density at radius 2 is 1.73 bits per heavy atom. The number of nitrogens with zero attached hydrogens (tertiary/aromatic N) is 5. The average molecular weight is 420 g/mol. The van der Waals surface area contributed by atoms with Gasteiger partial charge >= 0.3 is 6.18 Å². The number of rotatable bonds is 4. The minimum Gasteiger partial charge on any atom is -0.369 e. The SMILES string of the molecule is CN1CCN(c2cc(Nc3ncn(-c4cccc(F)c4)n3)cc(C(F)(F)F)c2)CC1. The average Bonchev–Trinajstić information content (AvgIpc) is 3.16. The van der Waals surface area contributed by atoms with E-state index in [-0.39, 0.29) is 11.6 Å². The van der Waals surface area contributed by atoms with Crippen molar-refractivity contribution in [2.45, 2.75) is 6.18 Å². The number of hydrogen-bond donors (Lipinski definition) is 1. The second-order valence-corrected chi connectivity index (χ2v) is 7.17. The Bertz CT molecular complexity index is 1020. The first-order chi connectivity index (χ1) is 14.3. The van der Waals surface area contributed by atoms with E-state index < -0.39 is 17.6 Å². The molecule has 1 aromatic heterocycles. The van der Waals surface area contributed by atoms with Crippen LogP contribution in [0.2, 0.25) is 0 Å². The number of aromatic nitrogens is 3. The Hall–Kier alpha value is -3.14. The minimum atomic E-state index is -4.48. The first-order valence-corrected chi connectivity index (χ1v) is 9.38. The summed E-state index contributed by atoms with van der Waals surface area (Å²) in [5.74, 6) is -0.310. The lowest BCUT2D eigenvalue weighted by Crippen LogP contribution is -2.44. The van der Waals surface area contributed by atoms with Crippen molar-refractivity contribution in [3.63, 3.8) is 0 Å². The van der Waals surface area contributed by atoms with E-state index >= 15 is 0 Å². The molecule has 30 heavy (non-hydrogen) atoms. The van der Waals surface area contributed by atoms with E-state index in [0.29, 0.717) is 24.5 Å². The summed E-state index contributed by atoms with van der Waals surface area (Å²) < 4.78 is 55.1. The number of hydrogen-bond acceptors (Lipinski definition) is 5. The fourth-order valence-electron chi connectivity index (χ4n) is 3.29. The molecule has 2 aromatic carbocycles. The smallest absolute Gasteiger partial charge is 0.369 e. The Labute approximate surface area is 170 Å². The molecule has 10 heteroatoms. The zero-order chi connectivity index (χ0) is 21.3. The second-order valence-electron chi connectivity index (χ2n) is 7.17. The fourth-order valence-corrected chi connectivity index (χ4v) is 3.29. The van der Waals surface area contributed by atoms with E-state index in [4.69, 9.17) is 0 Å². The maximum absolute atomic E-state index is 13.5. The summed E-state index contributed by atoms with van der Waals surface area (Å²) in [4.78, 5) is 8.14. The van der Waals surface area contributed by atoms with Gasteiger partial charge in [0, 0.05) is 37.6 Å². The van der Waals surface area contributed by atoms with Crippen LogP contribution in [0.25, 0.3) is 5.69 Å². The van der Waals surface area contributed by atoms with Crippen molar-refractivity contribution < 1.29 is 17.6 Å². The minimum absolute atomic E-state index is 0.114. The first kappa shape index (κ1) is 20.1. The van der Waals surface area contributed by atoms with Gasteiger partial charge in [0.1, 0.15) is 12.1 Å². The molecule has 2 heterocycles. The van der Waals surface area contributed by atoms with Crippen molar-refractivity contribution in [2.24, 2.45) is 0 Å². The van der Waals surface area contributed by atoms with E-state index in [9.17, 15) is 17.6 Å². The summed E-state index contributed by atoms with van der Waals surface area (Å²) in [6.45, 7) is 2.84. The summed E-state index contributed by atoms with van der Waals surface area (Å²) >= 11 is 0.